The number of hydrogen-bond donors (Lipinski definition) is 2. The fourth-order valence-electron chi connectivity index (χ4n) is 2.27. The van der Waals surface area contributed by atoms with Crippen LogP contribution in [0.1, 0.15) is 19.3 Å². The summed E-state index contributed by atoms with van der Waals surface area (Å²) < 4.78 is 0. The third-order valence-corrected chi connectivity index (χ3v) is 3.29. The lowest BCUT2D eigenvalue weighted by atomic mass is 10.1. The number of nitrogens with zero attached hydrogens (tertiary/aromatic N) is 1. The maximum atomic E-state index is 11.9. The van der Waals surface area contributed by atoms with Crippen molar-refractivity contribution in [2.45, 2.75) is 25.3 Å². The fourth-order valence-corrected chi connectivity index (χ4v) is 2.27. The highest BCUT2D eigenvalue weighted by atomic mass is 16.2. The third-order valence-electron chi connectivity index (χ3n) is 3.29. The minimum Gasteiger partial charge on any atom is -0.397 e. The van der Waals surface area contributed by atoms with Crippen molar-refractivity contribution in [2.24, 2.45) is 0 Å². The van der Waals surface area contributed by atoms with Crippen LogP contribution in [0.3, 0.4) is 0 Å². The smallest absolute Gasteiger partial charge is 0.242 e. The van der Waals surface area contributed by atoms with Crippen molar-refractivity contribution in [2.75, 3.05) is 24.2 Å². The van der Waals surface area contributed by atoms with Gasteiger partial charge < -0.3 is 16.0 Å². The van der Waals surface area contributed by atoms with Crippen molar-refractivity contribution in [1.82, 2.24) is 5.32 Å². The van der Waals surface area contributed by atoms with Gasteiger partial charge in [-0.1, -0.05) is 12.1 Å². The Morgan fingerprint density at radius 3 is 2.88 bits per heavy atom. The first-order valence-electron chi connectivity index (χ1n) is 6.05. The summed E-state index contributed by atoms with van der Waals surface area (Å²) in [4.78, 5) is 13.9. The lowest BCUT2D eigenvalue weighted by Gasteiger charge is -2.28. The Balaban J connectivity index is 2.21. The molecule has 0 spiro atoms. The molecule has 0 aromatic heterocycles. The molecular weight excluding hydrogens is 214 g/mol. The molecule has 1 aliphatic heterocycles. The average Bonchev–Trinajstić information content (AvgIpc) is 2.54. The van der Waals surface area contributed by atoms with E-state index in [-0.39, 0.29) is 11.9 Å². The van der Waals surface area contributed by atoms with Gasteiger partial charge in [0.2, 0.25) is 5.91 Å². The largest absolute Gasteiger partial charge is 0.397 e. The van der Waals surface area contributed by atoms with Crippen LogP contribution in [0.25, 0.3) is 0 Å². The van der Waals surface area contributed by atoms with E-state index in [1.54, 1.807) is 0 Å². The quantitative estimate of drug-likeness (QED) is 0.759. The van der Waals surface area contributed by atoms with Crippen LogP contribution >= 0.6 is 0 Å². The number of nitrogens with one attached hydrogen (secondary N) is 1. The number of amides is 1. The van der Waals surface area contributed by atoms with Crippen molar-refractivity contribution in [1.29, 1.82) is 0 Å². The van der Waals surface area contributed by atoms with Crippen LogP contribution in [0.4, 0.5) is 11.4 Å². The molecular formula is C13H19N3O. The van der Waals surface area contributed by atoms with Crippen LogP contribution in [0.2, 0.25) is 0 Å². The van der Waals surface area contributed by atoms with E-state index >= 15 is 0 Å². The molecule has 0 saturated carbocycles. The molecule has 2 rings (SSSR count). The number of likely N-dealkylation sites (N-methyl/N-ethyl adjacent to an activating group) is 1. The van der Waals surface area contributed by atoms with E-state index in [1.165, 1.54) is 0 Å². The molecule has 1 aromatic carbocycles. The molecule has 1 fully saturated rings. The Hall–Kier alpha value is -1.71. The first-order valence-corrected chi connectivity index (χ1v) is 6.05. The van der Waals surface area contributed by atoms with Gasteiger partial charge in [0, 0.05) is 13.6 Å². The molecule has 3 N–H and O–H groups in total. The SMILES string of the molecule is CN(c1ccccc1N)C1CCCCNC1=O. The minimum absolute atomic E-state index is 0.105. The van der Waals surface area contributed by atoms with E-state index in [4.69, 9.17) is 5.73 Å². The monoisotopic (exact) mass is 233 g/mol. The van der Waals surface area contributed by atoms with E-state index in [0.717, 1.165) is 31.5 Å². The second-order valence-corrected chi connectivity index (χ2v) is 4.47. The molecule has 17 heavy (non-hydrogen) atoms. The fraction of sp³-hybridized carbons (Fsp3) is 0.462. The van der Waals surface area contributed by atoms with Gasteiger partial charge in [-0.25, -0.2) is 0 Å². The maximum Gasteiger partial charge on any atom is 0.242 e. The molecule has 92 valence electrons. The van der Waals surface area contributed by atoms with Crippen molar-refractivity contribution in [3.8, 4) is 0 Å². The number of rotatable bonds is 2. The van der Waals surface area contributed by atoms with Gasteiger partial charge in [0.05, 0.1) is 11.4 Å². The first kappa shape index (κ1) is 11.8. The zero-order valence-corrected chi connectivity index (χ0v) is 10.1. The van der Waals surface area contributed by atoms with Crippen LogP contribution < -0.4 is 16.0 Å². The van der Waals surface area contributed by atoms with Crippen LogP contribution in [0.5, 0.6) is 0 Å². The number of nitrogens with two attached hydrogens (primary N) is 1. The topological polar surface area (TPSA) is 58.4 Å². The van der Waals surface area contributed by atoms with E-state index in [1.807, 2.05) is 36.2 Å². The van der Waals surface area contributed by atoms with Crippen molar-refractivity contribution in [3.63, 3.8) is 0 Å². The molecule has 1 unspecified atom stereocenters. The molecule has 0 bridgehead atoms. The van der Waals surface area contributed by atoms with Gasteiger partial charge in [0.1, 0.15) is 6.04 Å². The maximum absolute atomic E-state index is 11.9. The Morgan fingerprint density at radius 2 is 2.12 bits per heavy atom. The summed E-state index contributed by atoms with van der Waals surface area (Å²) in [5.74, 6) is 0.105. The summed E-state index contributed by atoms with van der Waals surface area (Å²) in [5, 5.41) is 2.94. The van der Waals surface area contributed by atoms with E-state index in [0.29, 0.717) is 5.69 Å². The average molecular weight is 233 g/mol. The number of anilines is 2. The summed E-state index contributed by atoms with van der Waals surface area (Å²) in [7, 11) is 1.93. The van der Waals surface area contributed by atoms with Gasteiger partial charge in [0.25, 0.3) is 0 Å². The second-order valence-electron chi connectivity index (χ2n) is 4.47. The Morgan fingerprint density at radius 1 is 1.35 bits per heavy atom. The lowest BCUT2D eigenvalue weighted by Crippen LogP contribution is -2.44. The van der Waals surface area contributed by atoms with Gasteiger partial charge in [-0.2, -0.15) is 0 Å². The molecule has 1 heterocycles. The minimum atomic E-state index is -0.109. The van der Waals surface area contributed by atoms with Crippen molar-refractivity contribution >= 4 is 17.3 Å². The summed E-state index contributed by atoms with van der Waals surface area (Å²) in [6.45, 7) is 0.785. The zero-order chi connectivity index (χ0) is 12.3. The molecule has 0 radical (unpaired) electrons. The highest BCUT2D eigenvalue weighted by molar-refractivity contribution is 5.86. The standard InChI is InChI=1S/C13H19N3O/c1-16(11-7-3-2-6-10(11)14)12-8-4-5-9-15-13(12)17/h2-3,6-7,12H,4-5,8-9,14H2,1H3,(H,15,17). The molecule has 0 aliphatic carbocycles. The lowest BCUT2D eigenvalue weighted by molar-refractivity contribution is -0.122. The Kier molecular flexibility index (Phi) is 3.52. The summed E-state index contributed by atoms with van der Waals surface area (Å²) >= 11 is 0. The highest BCUT2D eigenvalue weighted by Gasteiger charge is 2.25. The van der Waals surface area contributed by atoms with Crippen molar-refractivity contribution in [3.05, 3.63) is 24.3 Å². The molecule has 1 aliphatic rings. The summed E-state index contributed by atoms with van der Waals surface area (Å²) in [6.07, 6.45) is 3.01. The predicted octanol–water partition coefficient (Wildman–Crippen LogP) is 1.37. The van der Waals surface area contributed by atoms with Crippen LogP contribution in [0.15, 0.2) is 24.3 Å². The summed E-state index contributed by atoms with van der Waals surface area (Å²) in [6, 6.07) is 7.55. The van der Waals surface area contributed by atoms with Gasteiger partial charge in [-0.05, 0) is 31.4 Å². The number of para-hydroxylation sites is 2. The summed E-state index contributed by atoms with van der Waals surface area (Å²) in [5.41, 5.74) is 7.58. The van der Waals surface area contributed by atoms with Gasteiger partial charge >= 0.3 is 0 Å². The van der Waals surface area contributed by atoms with E-state index < -0.39 is 0 Å². The number of hydrogen-bond acceptors (Lipinski definition) is 3. The number of benzene rings is 1. The Labute approximate surface area is 102 Å². The van der Waals surface area contributed by atoms with Gasteiger partial charge in [-0.15, -0.1) is 0 Å². The number of carbonyl (C=O) groups excluding carboxylic acids is 1. The second kappa shape index (κ2) is 5.08. The normalized spacial score (nSPS) is 20.5. The van der Waals surface area contributed by atoms with Gasteiger partial charge in [0.15, 0.2) is 0 Å². The van der Waals surface area contributed by atoms with Crippen LogP contribution in [-0.4, -0.2) is 25.5 Å². The highest BCUT2D eigenvalue weighted by Crippen LogP contribution is 2.25. The van der Waals surface area contributed by atoms with Crippen LogP contribution in [-0.2, 0) is 4.79 Å². The number of nitrogen functional groups attached to an aromatic ring is 1. The number of carbonyl (C=O) groups is 1. The Bertz CT molecular complexity index is 405. The van der Waals surface area contributed by atoms with Gasteiger partial charge in [-0.3, -0.25) is 4.79 Å². The van der Waals surface area contributed by atoms with E-state index in [2.05, 4.69) is 5.32 Å². The molecule has 4 heteroatoms. The van der Waals surface area contributed by atoms with Crippen molar-refractivity contribution < 1.29 is 4.79 Å². The molecule has 1 amide bonds. The van der Waals surface area contributed by atoms with Crippen LogP contribution in [0, 0.1) is 0 Å². The zero-order valence-electron chi connectivity index (χ0n) is 10.1. The van der Waals surface area contributed by atoms with E-state index in [9.17, 15) is 4.79 Å². The third kappa shape index (κ3) is 2.52. The molecule has 1 atom stereocenters. The molecule has 1 aromatic rings. The molecule has 1 saturated heterocycles. The first-order chi connectivity index (χ1) is 8.20. The molecule has 4 nitrogen and oxygen atoms in total. The predicted molar refractivity (Wildman–Crippen MR) is 69.9 cm³/mol.